The van der Waals surface area contributed by atoms with Crippen molar-refractivity contribution in [1.82, 2.24) is 5.32 Å². The second-order valence-corrected chi connectivity index (χ2v) is 4.57. The van der Waals surface area contributed by atoms with E-state index in [1.54, 1.807) is 12.1 Å². The normalized spacial score (nSPS) is 24.4. The molecule has 0 spiro atoms. The fourth-order valence-corrected chi connectivity index (χ4v) is 2.15. The lowest BCUT2D eigenvalue weighted by molar-refractivity contribution is -0.120. The van der Waals surface area contributed by atoms with Crippen LogP contribution in [-0.4, -0.2) is 18.5 Å². The van der Waals surface area contributed by atoms with Gasteiger partial charge in [-0.2, -0.15) is 0 Å². The lowest BCUT2D eigenvalue weighted by Gasteiger charge is -2.27. The molecule has 1 aliphatic heterocycles. The number of anilines is 1. The number of carbonyl (C=O) groups is 1. The maximum Gasteiger partial charge on any atom is 0.227 e. The van der Waals surface area contributed by atoms with Crippen LogP contribution in [0.1, 0.15) is 19.8 Å². The summed E-state index contributed by atoms with van der Waals surface area (Å²) < 4.78 is 12.7. The van der Waals surface area contributed by atoms with Crippen molar-refractivity contribution in [2.24, 2.45) is 5.92 Å². The van der Waals surface area contributed by atoms with Crippen molar-refractivity contribution in [2.75, 3.05) is 11.9 Å². The Morgan fingerprint density at radius 3 is 2.76 bits per heavy atom. The molecule has 2 N–H and O–H groups in total. The van der Waals surface area contributed by atoms with Gasteiger partial charge in [0.15, 0.2) is 0 Å². The highest BCUT2D eigenvalue weighted by Crippen LogP contribution is 2.18. The van der Waals surface area contributed by atoms with Crippen molar-refractivity contribution in [2.45, 2.75) is 25.8 Å². The van der Waals surface area contributed by atoms with E-state index in [1.807, 2.05) is 0 Å². The summed E-state index contributed by atoms with van der Waals surface area (Å²) >= 11 is 0. The van der Waals surface area contributed by atoms with Crippen LogP contribution in [0.3, 0.4) is 0 Å². The molecule has 2 rings (SSSR count). The summed E-state index contributed by atoms with van der Waals surface area (Å²) in [5.74, 6) is -0.209. The van der Waals surface area contributed by atoms with E-state index >= 15 is 0 Å². The van der Waals surface area contributed by atoms with E-state index in [-0.39, 0.29) is 17.6 Å². The summed E-state index contributed by atoms with van der Waals surface area (Å²) in [6, 6.07) is 6.24. The van der Waals surface area contributed by atoms with Gasteiger partial charge in [-0.3, -0.25) is 4.79 Å². The number of rotatable bonds is 2. The zero-order valence-corrected chi connectivity index (χ0v) is 9.87. The average Bonchev–Trinajstić information content (AvgIpc) is 2.32. The lowest BCUT2D eigenvalue weighted by atomic mass is 9.92. The summed E-state index contributed by atoms with van der Waals surface area (Å²) in [6.07, 6.45) is 1.71. The van der Waals surface area contributed by atoms with Gasteiger partial charge in [-0.25, -0.2) is 4.39 Å². The first-order valence-corrected chi connectivity index (χ1v) is 5.95. The van der Waals surface area contributed by atoms with Crippen LogP contribution in [0.2, 0.25) is 0 Å². The predicted octanol–water partition coefficient (Wildman–Crippen LogP) is 2.15. The van der Waals surface area contributed by atoms with E-state index in [0.717, 1.165) is 19.4 Å². The van der Waals surface area contributed by atoms with Gasteiger partial charge in [-0.05, 0) is 50.6 Å². The van der Waals surface area contributed by atoms with Crippen LogP contribution < -0.4 is 10.6 Å². The Morgan fingerprint density at radius 2 is 2.12 bits per heavy atom. The van der Waals surface area contributed by atoms with E-state index in [0.29, 0.717) is 11.7 Å². The minimum Gasteiger partial charge on any atom is -0.326 e. The molecule has 3 nitrogen and oxygen atoms in total. The second kappa shape index (κ2) is 5.27. The van der Waals surface area contributed by atoms with Crippen LogP contribution in [0.5, 0.6) is 0 Å². The third-order valence-electron chi connectivity index (χ3n) is 3.11. The van der Waals surface area contributed by atoms with Crippen LogP contribution in [0.25, 0.3) is 0 Å². The largest absolute Gasteiger partial charge is 0.326 e. The first-order valence-electron chi connectivity index (χ1n) is 5.95. The third-order valence-corrected chi connectivity index (χ3v) is 3.11. The molecule has 17 heavy (non-hydrogen) atoms. The highest BCUT2D eigenvalue weighted by molar-refractivity contribution is 5.92. The Hall–Kier alpha value is -1.42. The van der Waals surface area contributed by atoms with Gasteiger partial charge < -0.3 is 10.6 Å². The minimum absolute atomic E-state index is 0.0324. The Balaban J connectivity index is 1.94. The number of benzene rings is 1. The molecule has 1 amide bonds. The summed E-state index contributed by atoms with van der Waals surface area (Å²) in [6.45, 7) is 2.96. The number of nitrogens with one attached hydrogen (secondary N) is 2. The van der Waals surface area contributed by atoms with Crippen molar-refractivity contribution in [3.05, 3.63) is 30.1 Å². The molecule has 0 aromatic heterocycles. The predicted molar refractivity (Wildman–Crippen MR) is 65.2 cm³/mol. The molecule has 0 radical (unpaired) electrons. The molecular weight excluding hydrogens is 219 g/mol. The molecule has 1 fully saturated rings. The minimum atomic E-state index is -0.293. The van der Waals surface area contributed by atoms with Gasteiger partial charge >= 0.3 is 0 Å². The van der Waals surface area contributed by atoms with Gasteiger partial charge in [0, 0.05) is 17.6 Å². The van der Waals surface area contributed by atoms with Crippen LogP contribution >= 0.6 is 0 Å². The quantitative estimate of drug-likeness (QED) is 0.826. The Morgan fingerprint density at radius 1 is 1.41 bits per heavy atom. The molecular formula is C13H17FN2O. The summed E-state index contributed by atoms with van der Waals surface area (Å²) in [7, 11) is 0. The molecule has 1 heterocycles. The topological polar surface area (TPSA) is 41.1 Å². The average molecular weight is 236 g/mol. The Bertz CT molecular complexity index is 391. The monoisotopic (exact) mass is 236 g/mol. The molecule has 1 aliphatic rings. The number of hydrogen-bond donors (Lipinski definition) is 2. The van der Waals surface area contributed by atoms with Crippen LogP contribution in [-0.2, 0) is 4.79 Å². The number of hydrogen-bond acceptors (Lipinski definition) is 2. The molecule has 0 aliphatic carbocycles. The van der Waals surface area contributed by atoms with Crippen molar-refractivity contribution in [1.29, 1.82) is 0 Å². The molecule has 1 saturated heterocycles. The summed E-state index contributed by atoms with van der Waals surface area (Å²) in [4.78, 5) is 12.0. The number of amides is 1. The van der Waals surface area contributed by atoms with Gasteiger partial charge in [-0.1, -0.05) is 0 Å². The maximum atomic E-state index is 12.7. The molecule has 1 aromatic carbocycles. The second-order valence-electron chi connectivity index (χ2n) is 4.57. The Labute approximate surface area is 100 Å². The SMILES string of the molecule is CC1CC(C(=O)Nc2ccc(F)cc2)CCN1. The lowest BCUT2D eigenvalue weighted by Crippen LogP contribution is -2.40. The zero-order chi connectivity index (χ0) is 12.3. The third kappa shape index (κ3) is 3.27. The van der Waals surface area contributed by atoms with Gasteiger partial charge in [0.2, 0.25) is 5.91 Å². The first-order chi connectivity index (χ1) is 8.15. The number of halogens is 1. The number of carbonyl (C=O) groups excluding carboxylic acids is 1. The fraction of sp³-hybridized carbons (Fsp3) is 0.462. The number of piperidine rings is 1. The van der Waals surface area contributed by atoms with Crippen molar-refractivity contribution in [3.8, 4) is 0 Å². The van der Waals surface area contributed by atoms with E-state index in [4.69, 9.17) is 0 Å². The fourth-order valence-electron chi connectivity index (χ4n) is 2.15. The smallest absolute Gasteiger partial charge is 0.227 e. The molecule has 2 atom stereocenters. The Kier molecular flexibility index (Phi) is 3.74. The zero-order valence-electron chi connectivity index (χ0n) is 9.87. The van der Waals surface area contributed by atoms with Crippen LogP contribution in [0, 0.1) is 11.7 Å². The van der Waals surface area contributed by atoms with Gasteiger partial charge in [0.25, 0.3) is 0 Å². The van der Waals surface area contributed by atoms with E-state index in [2.05, 4.69) is 17.6 Å². The molecule has 1 aromatic rings. The highest BCUT2D eigenvalue weighted by atomic mass is 19.1. The van der Waals surface area contributed by atoms with Crippen LogP contribution in [0.15, 0.2) is 24.3 Å². The first kappa shape index (κ1) is 12.0. The molecule has 0 saturated carbocycles. The van der Waals surface area contributed by atoms with E-state index in [1.165, 1.54) is 12.1 Å². The van der Waals surface area contributed by atoms with Gasteiger partial charge in [0.05, 0.1) is 0 Å². The van der Waals surface area contributed by atoms with Crippen LogP contribution in [0.4, 0.5) is 10.1 Å². The van der Waals surface area contributed by atoms with Gasteiger partial charge in [-0.15, -0.1) is 0 Å². The summed E-state index contributed by atoms with van der Waals surface area (Å²) in [5, 5.41) is 6.13. The van der Waals surface area contributed by atoms with E-state index in [9.17, 15) is 9.18 Å². The van der Waals surface area contributed by atoms with Crippen molar-refractivity contribution in [3.63, 3.8) is 0 Å². The molecule has 0 bridgehead atoms. The maximum absolute atomic E-state index is 12.7. The summed E-state index contributed by atoms with van der Waals surface area (Å²) in [5.41, 5.74) is 0.655. The van der Waals surface area contributed by atoms with Crippen molar-refractivity contribution < 1.29 is 9.18 Å². The molecule has 92 valence electrons. The molecule has 4 heteroatoms. The molecule has 2 unspecified atom stereocenters. The highest BCUT2D eigenvalue weighted by Gasteiger charge is 2.24. The van der Waals surface area contributed by atoms with Gasteiger partial charge in [0.1, 0.15) is 5.82 Å². The van der Waals surface area contributed by atoms with E-state index < -0.39 is 0 Å². The standard InChI is InChI=1S/C13H17FN2O/c1-9-8-10(6-7-15-9)13(17)16-12-4-2-11(14)3-5-12/h2-5,9-10,15H,6-8H2,1H3,(H,16,17). The van der Waals surface area contributed by atoms with Crippen molar-refractivity contribution >= 4 is 11.6 Å².